The van der Waals surface area contributed by atoms with Crippen LogP contribution < -0.4 is 4.90 Å². The molecule has 0 saturated heterocycles. The molecule has 0 bridgehead atoms. The third-order valence-electron chi connectivity index (χ3n) is 3.85. The zero-order valence-electron chi connectivity index (χ0n) is 14.6. The first kappa shape index (κ1) is 21.3. The van der Waals surface area contributed by atoms with E-state index in [1.54, 1.807) is 31.1 Å². The van der Waals surface area contributed by atoms with Gasteiger partial charge in [-0.2, -0.15) is 0 Å². The van der Waals surface area contributed by atoms with Gasteiger partial charge in [-0.05, 0) is 63.6 Å². The predicted molar refractivity (Wildman–Crippen MR) is 103 cm³/mol. The van der Waals surface area contributed by atoms with Crippen LogP contribution in [0.3, 0.4) is 0 Å². The number of nitrogens with zero attached hydrogens (tertiary/aromatic N) is 2. The van der Waals surface area contributed by atoms with Crippen LogP contribution in [-0.4, -0.2) is 53.6 Å². The Balaban J connectivity index is 0.00000211. The molecule has 0 heterocycles. The van der Waals surface area contributed by atoms with Crippen molar-refractivity contribution in [2.75, 3.05) is 37.0 Å². The number of carbonyl (C=O) groups excluding carboxylic acids is 1. The van der Waals surface area contributed by atoms with E-state index in [0.717, 1.165) is 18.8 Å². The Bertz CT molecular complexity index is 444. The highest BCUT2D eigenvalue weighted by Gasteiger charge is 2.36. The van der Waals surface area contributed by atoms with Crippen molar-refractivity contribution in [1.82, 2.24) is 4.90 Å². The Morgan fingerprint density at radius 3 is 1.86 bits per heavy atom. The second-order valence-corrected chi connectivity index (χ2v) is 5.11. The molecule has 1 rings (SSSR count). The minimum atomic E-state index is -1.43. The van der Waals surface area contributed by atoms with E-state index in [1.807, 2.05) is 24.0 Å². The summed E-state index contributed by atoms with van der Waals surface area (Å²) in [6.07, 6.45) is 0.358. The summed E-state index contributed by atoms with van der Waals surface area (Å²) in [5, 5.41) is 10.5. The number of rotatable bonds is 7. The molecular formula is C17H29IN2O2. The van der Waals surface area contributed by atoms with E-state index in [-0.39, 0.29) is 5.78 Å². The second kappa shape index (κ2) is 10.2. The maximum absolute atomic E-state index is 12.5. The van der Waals surface area contributed by atoms with Gasteiger partial charge in [-0.25, -0.2) is 0 Å². The van der Waals surface area contributed by atoms with Crippen molar-refractivity contribution in [3.05, 3.63) is 29.8 Å². The number of ketones is 1. The zero-order chi connectivity index (χ0) is 17.3. The van der Waals surface area contributed by atoms with Gasteiger partial charge >= 0.3 is 0 Å². The Morgan fingerprint density at radius 1 is 1.09 bits per heavy atom. The first-order chi connectivity index (χ1) is 10.4. The number of carbonyl (C=O) groups is 1. The third-order valence-corrected chi connectivity index (χ3v) is 3.85. The maximum Gasteiger partial charge on any atom is 0.209 e. The van der Waals surface area contributed by atoms with E-state index in [9.17, 15) is 9.90 Å². The number of likely N-dealkylation sites (N-methyl/N-ethyl adjacent to an activating group) is 1. The molecule has 0 saturated carbocycles. The van der Waals surface area contributed by atoms with Gasteiger partial charge in [0, 0.05) is 24.3 Å². The third kappa shape index (κ3) is 4.93. The van der Waals surface area contributed by atoms with E-state index in [1.165, 1.54) is 0 Å². The van der Waals surface area contributed by atoms with Crippen LogP contribution in [0.2, 0.25) is 0 Å². The first-order valence-corrected chi connectivity index (χ1v) is 9.73. The minimum absolute atomic E-state index is 0.254. The summed E-state index contributed by atoms with van der Waals surface area (Å²) in [7, 11) is 3.43. The van der Waals surface area contributed by atoms with Crippen molar-refractivity contribution in [3.8, 4) is 0 Å². The number of hydrogen-bond donors (Lipinski definition) is 1. The van der Waals surface area contributed by atoms with Gasteiger partial charge in [0.15, 0.2) is 5.72 Å². The van der Waals surface area contributed by atoms with Crippen LogP contribution in [0.25, 0.3) is 0 Å². The lowest BCUT2D eigenvalue weighted by Gasteiger charge is -2.32. The fourth-order valence-electron chi connectivity index (χ4n) is 2.32. The van der Waals surface area contributed by atoms with Gasteiger partial charge < -0.3 is 10.0 Å². The van der Waals surface area contributed by atoms with Crippen LogP contribution in [0.5, 0.6) is 0 Å². The molecule has 0 fully saturated rings. The number of hydrogen-bond acceptors (Lipinski definition) is 4. The van der Waals surface area contributed by atoms with Crippen LogP contribution in [0.15, 0.2) is 24.3 Å². The summed E-state index contributed by atoms with van der Waals surface area (Å²) in [5.41, 5.74) is 0.201. The fraction of sp³-hybridized carbons (Fsp3) is 0.588. The molecule has 1 aromatic rings. The molecule has 0 aliphatic rings. The Labute approximate surface area is 148 Å². The van der Waals surface area contributed by atoms with Gasteiger partial charge in [0.2, 0.25) is 5.78 Å². The monoisotopic (exact) mass is 420 g/mol. The fourth-order valence-corrected chi connectivity index (χ4v) is 2.32. The van der Waals surface area contributed by atoms with Crippen molar-refractivity contribution >= 4 is 34.1 Å². The van der Waals surface area contributed by atoms with Crippen molar-refractivity contribution in [2.24, 2.45) is 0 Å². The van der Waals surface area contributed by atoms with E-state index in [0.29, 0.717) is 12.0 Å². The average Bonchev–Trinajstić information content (AvgIpc) is 2.56. The van der Waals surface area contributed by atoms with E-state index < -0.39 is 5.72 Å². The van der Waals surface area contributed by atoms with Gasteiger partial charge in [-0.3, -0.25) is 9.69 Å². The number of halogens is 1. The summed E-state index contributed by atoms with van der Waals surface area (Å²) in [4.78, 5) is 18.2. The molecule has 5 heteroatoms. The Kier molecular flexibility index (Phi) is 9.87. The molecular weight excluding hydrogens is 391 g/mol. The molecule has 1 N–H and O–H groups in total. The van der Waals surface area contributed by atoms with Gasteiger partial charge in [0.25, 0.3) is 0 Å². The molecule has 0 aromatic heterocycles. The molecule has 0 aliphatic carbocycles. The van der Waals surface area contributed by atoms with Crippen LogP contribution in [0.4, 0.5) is 5.69 Å². The summed E-state index contributed by atoms with van der Waals surface area (Å²) in [5.74, 6) is -0.254. The Hall–Kier alpha value is -0.660. The van der Waals surface area contributed by atoms with Crippen LogP contribution in [0, 0.1) is 0 Å². The molecule has 1 aromatic carbocycles. The first-order valence-electron chi connectivity index (χ1n) is 7.58. The second-order valence-electron chi connectivity index (χ2n) is 5.11. The van der Waals surface area contributed by atoms with E-state index >= 15 is 0 Å². The van der Waals surface area contributed by atoms with E-state index in [2.05, 4.69) is 41.3 Å². The number of benzene rings is 1. The zero-order valence-corrected chi connectivity index (χ0v) is 16.7. The highest BCUT2D eigenvalue weighted by Crippen LogP contribution is 2.22. The molecule has 0 aliphatic heterocycles. The Morgan fingerprint density at radius 2 is 1.55 bits per heavy atom. The average molecular weight is 420 g/mol. The standard InChI is InChI=1S/C16H26N2O2.CH3I/c1-6-16(20,17(4)5)15(19)13-9-11-14(12-10-13)18(7-2)8-3;1-2/h9-12,20H,6-8H2,1-5H3;1H3. The molecule has 22 heavy (non-hydrogen) atoms. The normalized spacial score (nSPS) is 13.1. The summed E-state index contributed by atoms with van der Waals surface area (Å²) in [6.45, 7) is 7.87. The topological polar surface area (TPSA) is 43.8 Å². The van der Waals surface area contributed by atoms with Crippen LogP contribution >= 0.6 is 22.6 Å². The smallest absolute Gasteiger partial charge is 0.209 e. The minimum Gasteiger partial charge on any atom is -0.372 e. The molecule has 4 nitrogen and oxygen atoms in total. The quantitative estimate of drug-likeness (QED) is 0.318. The maximum atomic E-state index is 12.5. The lowest BCUT2D eigenvalue weighted by atomic mass is 9.97. The molecule has 0 spiro atoms. The number of aliphatic hydroxyl groups is 1. The number of Topliss-reactive ketones (excluding diaryl/α,β-unsaturated/α-hetero) is 1. The molecule has 1 atom stereocenters. The van der Waals surface area contributed by atoms with Gasteiger partial charge in [-0.1, -0.05) is 29.5 Å². The SMILES string of the molecule is CCN(CC)c1ccc(C(=O)C(O)(CC)N(C)C)cc1.CI. The van der Waals surface area contributed by atoms with Crippen molar-refractivity contribution < 1.29 is 9.90 Å². The summed E-state index contributed by atoms with van der Waals surface area (Å²) < 4.78 is 0. The van der Waals surface area contributed by atoms with Gasteiger partial charge in [-0.15, -0.1) is 0 Å². The van der Waals surface area contributed by atoms with Crippen molar-refractivity contribution in [2.45, 2.75) is 32.9 Å². The number of anilines is 1. The summed E-state index contributed by atoms with van der Waals surface area (Å²) in [6, 6.07) is 7.46. The van der Waals surface area contributed by atoms with E-state index in [4.69, 9.17) is 0 Å². The van der Waals surface area contributed by atoms with Crippen LogP contribution in [0.1, 0.15) is 37.6 Å². The largest absolute Gasteiger partial charge is 0.372 e. The van der Waals surface area contributed by atoms with Crippen molar-refractivity contribution in [3.63, 3.8) is 0 Å². The molecule has 0 radical (unpaired) electrons. The van der Waals surface area contributed by atoms with Crippen molar-refractivity contribution in [1.29, 1.82) is 0 Å². The highest BCUT2D eigenvalue weighted by atomic mass is 127. The van der Waals surface area contributed by atoms with Crippen LogP contribution in [-0.2, 0) is 0 Å². The molecule has 0 amide bonds. The lowest BCUT2D eigenvalue weighted by Crippen LogP contribution is -2.50. The van der Waals surface area contributed by atoms with Gasteiger partial charge in [0.1, 0.15) is 0 Å². The van der Waals surface area contributed by atoms with Gasteiger partial charge in [0.05, 0.1) is 0 Å². The number of alkyl halides is 1. The lowest BCUT2D eigenvalue weighted by molar-refractivity contribution is -0.0543. The predicted octanol–water partition coefficient (Wildman–Crippen LogP) is 3.43. The molecule has 126 valence electrons. The molecule has 1 unspecified atom stereocenters. The summed E-state index contributed by atoms with van der Waals surface area (Å²) >= 11 is 2.15. The highest BCUT2D eigenvalue weighted by molar-refractivity contribution is 14.1.